The van der Waals surface area contributed by atoms with Gasteiger partial charge in [0.2, 0.25) is 0 Å². The summed E-state index contributed by atoms with van der Waals surface area (Å²) in [6, 6.07) is 1.82. The van der Waals surface area contributed by atoms with Crippen molar-refractivity contribution in [2.75, 3.05) is 39.8 Å². The van der Waals surface area contributed by atoms with E-state index in [-0.39, 0.29) is 12.0 Å². The number of ether oxygens (including phenoxy) is 1. The lowest BCUT2D eigenvalue weighted by molar-refractivity contribution is 0.0152. The number of aryl methyl sites for hydroxylation is 1. The van der Waals surface area contributed by atoms with E-state index in [2.05, 4.69) is 10.4 Å². The number of hydrogen-bond acceptors (Lipinski definition) is 5. The third-order valence-electron chi connectivity index (χ3n) is 6.03. The summed E-state index contributed by atoms with van der Waals surface area (Å²) >= 11 is 0. The molecule has 1 aromatic rings. The molecule has 1 atom stereocenters. The third kappa shape index (κ3) is 5.97. The van der Waals surface area contributed by atoms with Crippen molar-refractivity contribution < 1.29 is 14.3 Å². The van der Waals surface area contributed by atoms with Crippen LogP contribution in [0.25, 0.3) is 0 Å². The monoisotopic (exact) mass is 419 g/mol. The van der Waals surface area contributed by atoms with Gasteiger partial charge in [-0.25, -0.2) is 4.79 Å². The molecule has 2 aliphatic heterocycles. The SMILES string of the molecule is CN1CC(C2CCN(C(=O)OC(C)(C)C)CC2)CNCCCCn2nccc2C1=O. The fourth-order valence-corrected chi connectivity index (χ4v) is 4.38. The molecule has 0 aliphatic carbocycles. The van der Waals surface area contributed by atoms with E-state index in [1.807, 2.05) is 48.4 Å². The fraction of sp³-hybridized carbons (Fsp3) is 0.773. The highest BCUT2D eigenvalue weighted by molar-refractivity contribution is 5.92. The highest BCUT2D eigenvalue weighted by atomic mass is 16.6. The summed E-state index contributed by atoms with van der Waals surface area (Å²) < 4.78 is 7.35. The molecular weight excluding hydrogens is 382 g/mol. The number of likely N-dealkylation sites (tertiary alicyclic amines) is 1. The van der Waals surface area contributed by atoms with Crippen LogP contribution in [0.5, 0.6) is 0 Å². The molecule has 0 bridgehead atoms. The predicted molar refractivity (Wildman–Crippen MR) is 115 cm³/mol. The molecule has 3 heterocycles. The summed E-state index contributed by atoms with van der Waals surface area (Å²) in [5.74, 6) is 0.860. The van der Waals surface area contributed by atoms with Gasteiger partial charge in [-0.3, -0.25) is 9.48 Å². The second kappa shape index (κ2) is 9.81. The van der Waals surface area contributed by atoms with Crippen LogP contribution in [-0.4, -0.2) is 77.0 Å². The van der Waals surface area contributed by atoms with Crippen LogP contribution in [0.4, 0.5) is 4.79 Å². The Labute approximate surface area is 179 Å². The van der Waals surface area contributed by atoms with E-state index in [1.54, 1.807) is 6.20 Å². The second-order valence-corrected chi connectivity index (χ2v) is 9.60. The minimum absolute atomic E-state index is 0.0317. The number of amides is 2. The van der Waals surface area contributed by atoms with Gasteiger partial charge in [-0.1, -0.05) is 0 Å². The van der Waals surface area contributed by atoms with Crippen molar-refractivity contribution in [2.24, 2.45) is 11.8 Å². The number of nitrogens with one attached hydrogen (secondary N) is 1. The number of fused-ring (bicyclic) bond motifs is 1. The molecule has 1 N–H and O–H groups in total. The van der Waals surface area contributed by atoms with E-state index in [0.717, 1.165) is 45.3 Å². The Hall–Kier alpha value is -2.09. The van der Waals surface area contributed by atoms with E-state index in [0.29, 0.717) is 37.2 Å². The van der Waals surface area contributed by atoms with Crippen molar-refractivity contribution in [3.8, 4) is 0 Å². The van der Waals surface area contributed by atoms with Gasteiger partial charge < -0.3 is 19.9 Å². The molecule has 1 aromatic heterocycles. The smallest absolute Gasteiger partial charge is 0.410 e. The van der Waals surface area contributed by atoms with E-state index >= 15 is 0 Å². The molecule has 2 amide bonds. The number of nitrogens with zero attached hydrogens (tertiary/aromatic N) is 4. The first-order chi connectivity index (χ1) is 14.2. The van der Waals surface area contributed by atoms with Gasteiger partial charge in [0.25, 0.3) is 5.91 Å². The van der Waals surface area contributed by atoms with Crippen LogP contribution >= 0.6 is 0 Å². The molecule has 0 radical (unpaired) electrons. The molecular formula is C22H37N5O3. The Balaban J connectivity index is 1.62. The van der Waals surface area contributed by atoms with Crippen LogP contribution in [-0.2, 0) is 11.3 Å². The van der Waals surface area contributed by atoms with E-state index in [4.69, 9.17) is 4.74 Å². The molecule has 0 aromatic carbocycles. The molecule has 8 nitrogen and oxygen atoms in total. The van der Waals surface area contributed by atoms with Gasteiger partial charge in [-0.05, 0) is 77.4 Å². The fourth-order valence-electron chi connectivity index (χ4n) is 4.38. The Morgan fingerprint density at radius 2 is 1.90 bits per heavy atom. The maximum atomic E-state index is 13.0. The molecule has 0 spiro atoms. The summed E-state index contributed by atoms with van der Waals surface area (Å²) in [5.41, 5.74) is 0.200. The van der Waals surface area contributed by atoms with Crippen molar-refractivity contribution in [1.82, 2.24) is 24.9 Å². The maximum absolute atomic E-state index is 13.0. The molecule has 30 heavy (non-hydrogen) atoms. The van der Waals surface area contributed by atoms with Gasteiger partial charge in [-0.15, -0.1) is 0 Å². The van der Waals surface area contributed by atoms with Gasteiger partial charge in [0, 0.05) is 39.4 Å². The lowest BCUT2D eigenvalue weighted by atomic mass is 9.83. The molecule has 1 unspecified atom stereocenters. The Morgan fingerprint density at radius 3 is 2.60 bits per heavy atom. The van der Waals surface area contributed by atoms with Gasteiger partial charge >= 0.3 is 6.09 Å². The summed E-state index contributed by atoms with van der Waals surface area (Å²) in [6.45, 7) is 10.5. The lowest BCUT2D eigenvalue weighted by Gasteiger charge is -2.38. The Morgan fingerprint density at radius 1 is 1.17 bits per heavy atom. The number of piperidine rings is 1. The first kappa shape index (κ1) is 22.6. The van der Waals surface area contributed by atoms with E-state index in [9.17, 15) is 9.59 Å². The summed E-state index contributed by atoms with van der Waals surface area (Å²) in [4.78, 5) is 29.0. The highest BCUT2D eigenvalue weighted by Crippen LogP contribution is 2.27. The van der Waals surface area contributed by atoms with Gasteiger partial charge in [0.15, 0.2) is 0 Å². The number of rotatable bonds is 1. The Bertz CT molecular complexity index is 719. The molecule has 1 fully saturated rings. The number of carbonyl (C=O) groups excluding carboxylic acids is 2. The topological polar surface area (TPSA) is 79.7 Å². The predicted octanol–water partition coefficient (Wildman–Crippen LogP) is 2.60. The number of carbonyl (C=O) groups is 2. The zero-order valence-corrected chi connectivity index (χ0v) is 18.9. The van der Waals surface area contributed by atoms with Crippen molar-refractivity contribution >= 4 is 12.0 Å². The van der Waals surface area contributed by atoms with E-state index < -0.39 is 5.60 Å². The quantitative estimate of drug-likeness (QED) is 0.757. The second-order valence-electron chi connectivity index (χ2n) is 9.60. The standard InChI is InChI=1S/C22H37N5O3/c1-22(2,3)30-21(29)26-13-8-17(9-14-26)18-15-23-10-5-6-12-27-19(7-11-24-27)20(28)25(4)16-18/h7,11,17-18,23H,5-6,8-10,12-16H2,1-4H3. The molecule has 1 saturated heterocycles. The maximum Gasteiger partial charge on any atom is 0.410 e. The van der Waals surface area contributed by atoms with Crippen molar-refractivity contribution in [3.05, 3.63) is 18.0 Å². The molecule has 168 valence electrons. The van der Waals surface area contributed by atoms with Crippen LogP contribution in [0.15, 0.2) is 12.3 Å². The first-order valence-electron chi connectivity index (χ1n) is 11.2. The highest BCUT2D eigenvalue weighted by Gasteiger charge is 2.32. The zero-order chi connectivity index (χ0) is 21.7. The van der Waals surface area contributed by atoms with E-state index in [1.165, 1.54) is 0 Å². The van der Waals surface area contributed by atoms with Crippen LogP contribution < -0.4 is 5.32 Å². The average molecular weight is 420 g/mol. The minimum Gasteiger partial charge on any atom is -0.444 e. The van der Waals surface area contributed by atoms with Crippen LogP contribution in [0.3, 0.4) is 0 Å². The summed E-state index contributed by atoms with van der Waals surface area (Å²) in [5, 5.41) is 7.92. The first-order valence-corrected chi connectivity index (χ1v) is 11.2. The van der Waals surface area contributed by atoms with Crippen LogP contribution in [0, 0.1) is 11.8 Å². The van der Waals surface area contributed by atoms with Gasteiger partial charge in [0.05, 0.1) is 0 Å². The average Bonchev–Trinajstić information content (AvgIpc) is 3.15. The number of aromatic nitrogens is 2. The normalized spacial score (nSPS) is 22.8. The summed E-state index contributed by atoms with van der Waals surface area (Å²) in [6.07, 6.45) is 5.42. The lowest BCUT2D eigenvalue weighted by Crippen LogP contribution is -2.46. The van der Waals surface area contributed by atoms with Crippen LogP contribution in [0.1, 0.15) is 56.9 Å². The Kier molecular flexibility index (Phi) is 7.39. The van der Waals surface area contributed by atoms with Crippen molar-refractivity contribution in [1.29, 1.82) is 0 Å². The molecule has 3 rings (SSSR count). The number of hydrogen-bond donors (Lipinski definition) is 1. The zero-order valence-electron chi connectivity index (χ0n) is 18.9. The van der Waals surface area contributed by atoms with Gasteiger partial charge in [0.1, 0.15) is 11.3 Å². The minimum atomic E-state index is -0.471. The largest absolute Gasteiger partial charge is 0.444 e. The molecule has 8 heteroatoms. The summed E-state index contributed by atoms with van der Waals surface area (Å²) in [7, 11) is 1.88. The third-order valence-corrected chi connectivity index (χ3v) is 6.03. The van der Waals surface area contributed by atoms with Crippen LogP contribution in [0.2, 0.25) is 0 Å². The molecule has 0 saturated carbocycles. The van der Waals surface area contributed by atoms with Crippen molar-refractivity contribution in [2.45, 2.75) is 58.6 Å². The molecule has 2 aliphatic rings. The van der Waals surface area contributed by atoms with Crippen molar-refractivity contribution in [3.63, 3.8) is 0 Å². The van der Waals surface area contributed by atoms with Gasteiger partial charge in [-0.2, -0.15) is 5.10 Å².